The van der Waals surface area contributed by atoms with Gasteiger partial charge in [-0.3, -0.25) is 0 Å². The van der Waals surface area contributed by atoms with E-state index in [1.165, 1.54) is 7.11 Å². The first-order chi connectivity index (χ1) is 14.7. The van der Waals surface area contributed by atoms with Gasteiger partial charge >= 0.3 is 5.97 Å². The molecule has 6 heteroatoms. The Morgan fingerprint density at radius 1 is 1.26 bits per heavy atom. The van der Waals surface area contributed by atoms with Gasteiger partial charge in [-0.15, -0.1) is 0 Å². The van der Waals surface area contributed by atoms with Crippen LogP contribution in [0.3, 0.4) is 0 Å². The van der Waals surface area contributed by atoms with Crippen molar-refractivity contribution in [2.45, 2.75) is 46.8 Å². The Hall–Kier alpha value is -2.99. The van der Waals surface area contributed by atoms with Crippen LogP contribution in [0.4, 0.5) is 0 Å². The monoisotopic (exact) mass is 426 g/mol. The molecule has 3 rings (SSSR count). The van der Waals surface area contributed by atoms with Crippen LogP contribution in [0, 0.1) is 12.8 Å². The van der Waals surface area contributed by atoms with Gasteiger partial charge in [-0.1, -0.05) is 26.0 Å². The molecule has 1 unspecified atom stereocenters. The van der Waals surface area contributed by atoms with E-state index in [-0.39, 0.29) is 29.6 Å². The number of aliphatic hydroxyl groups is 1. The average molecular weight is 427 g/mol. The molecule has 2 aromatic carbocycles. The van der Waals surface area contributed by atoms with Crippen molar-refractivity contribution in [2.24, 2.45) is 5.92 Å². The zero-order valence-corrected chi connectivity index (χ0v) is 19.0. The number of hydrogen-bond donors (Lipinski definition) is 1. The van der Waals surface area contributed by atoms with E-state index in [2.05, 4.69) is 6.58 Å². The molecule has 6 nitrogen and oxygen atoms in total. The molecule has 1 aliphatic heterocycles. The third kappa shape index (κ3) is 4.26. The van der Waals surface area contributed by atoms with Crippen molar-refractivity contribution < 1.29 is 28.8 Å². The topological polar surface area (TPSA) is 74.2 Å². The summed E-state index contributed by atoms with van der Waals surface area (Å²) in [5, 5.41) is 10.7. The SMILES string of the molecule is C=C(C)c1c(C)cc(OC)c2c1COC(=O)c1c(ccc(C(O)CC(C)C)c1OC)O2. The van der Waals surface area contributed by atoms with Gasteiger partial charge in [0, 0.05) is 11.1 Å². The maximum Gasteiger partial charge on any atom is 0.346 e. The van der Waals surface area contributed by atoms with Gasteiger partial charge in [-0.25, -0.2) is 4.79 Å². The number of ether oxygens (including phenoxy) is 4. The third-order valence-corrected chi connectivity index (χ3v) is 5.36. The van der Waals surface area contributed by atoms with Gasteiger partial charge in [0.15, 0.2) is 11.5 Å². The van der Waals surface area contributed by atoms with Crippen molar-refractivity contribution in [3.05, 3.63) is 52.6 Å². The van der Waals surface area contributed by atoms with Gasteiger partial charge in [0.05, 0.1) is 20.3 Å². The molecule has 0 fully saturated rings. The number of methoxy groups -OCH3 is 2. The third-order valence-electron chi connectivity index (χ3n) is 5.36. The van der Waals surface area contributed by atoms with Gasteiger partial charge in [0.25, 0.3) is 0 Å². The lowest BCUT2D eigenvalue weighted by molar-refractivity contribution is 0.0453. The Bertz CT molecular complexity index is 1020. The number of aryl methyl sites for hydroxylation is 1. The van der Waals surface area contributed by atoms with E-state index in [1.54, 1.807) is 19.2 Å². The van der Waals surface area contributed by atoms with Crippen LogP contribution in [0.15, 0.2) is 24.8 Å². The summed E-state index contributed by atoms with van der Waals surface area (Å²) in [6, 6.07) is 5.26. The van der Waals surface area contributed by atoms with Crippen molar-refractivity contribution in [3.8, 4) is 23.0 Å². The van der Waals surface area contributed by atoms with Crippen LogP contribution < -0.4 is 14.2 Å². The summed E-state index contributed by atoms with van der Waals surface area (Å²) in [7, 11) is 3.03. The molecular weight excluding hydrogens is 396 g/mol. The summed E-state index contributed by atoms with van der Waals surface area (Å²) >= 11 is 0. The second kappa shape index (κ2) is 9.02. The number of fused-ring (bicyclic) bond motifs is 2. The van der Waals surface area contributed by atoms with Gasteiger partial charge in [0.1, 0.15) is 23.7 Å². The number of hydrogen-bond acceptors (Lipinski definition) is 6. The standard InChI is InChI=1S/C25H30O6/c1-13(2)10-18(26)16-8-9-19-22(24(16)29-7)25(27)30-12-17-21(14(3)4)15(5)11-20(28-6)23(17)31-19/h8-9,11,13,18,26H,3,10,12H2,1-2,4-7H3. The molecular formula is C25H30O6. The first kappa shape index (κ1) is 22.7. The highest BCUT2D eigenvalue weighted by Crippen LogP contribution is 2.46. The van der Waals surface area contributed by atoms with Gasteiger partial charge < -0.3 is 24.1 Å². The summed E-state index contributed by atoms with van der Waals surface area (Å²) in [5.41, 5.74) is 4.03. The zero-order valence-electron chi connectivity index (χ0n) is 19.0. The number of esters is 1. The smallest absolute Gasteiger partial charge is 0.346 e. The van der Waals surface area contributed by atoms with Crippen molar-refractivity contribution in [3.63, 3.8) is 0 Å². The van der Waals surface area contributed by atoms with Crippen molar-refractivity contribution >= 4 is 11.5 Å². The van der Waals surface area contributed by atoms with Crippen LogP contribution in [0.1, 0.15) is 65.9 Å². The van der Waals surface area contributed by atoms with E-state index in [4.69, 9.17) is 18.9 Å². The first-order valence-corrected chi connectivity index (χ1v) is 10.3. The molecule has 1 aliphatic rings. The molecule has 0 saturated heterocycles. The second-order valence-corrected chi connectivity index (χ2v) is 8.24. The summed E-state index contributed by atoms with van der Waals surface area (Å²) < 4.78 is 23.0. The molecule has 0 spiro atoms. The maximum atomic E-state index is 13.0. The minimum atomic E-state index is -0.780. The highest BCUT2D eigenvalue weighted by molar-refractivity contribution is 5.97. The van der Waals surface area contributed by atoms with E-state index < -0.39 is 12.1 Å². The number of benzene rings is 2. The van der Waals surface area contributed by atoms with Crippen LogP contribution in [0.5, 0.6) is 23.0 Å². The molecule has 166 valence electrons. The molecule has 0 aliphatic carbocycles. The summed E-state index contributed by atoms with van der Waals surface area (Å²) in [6.45, 7) is 11.9. The fourth-order valence-electron chi connectivity index (χ4n) is 4.06. The highest BCUT2D eigenvalue weighted by Gasteiger charge is 2.31. The molecule has 0 saturated carbocycles. The normalized spacial score (nSPS) is 13.9. The summed E-state index contributed by atoms with van der Waals surface area (Å²) in [6.07, 6.45) is -0.249. The predicted octanol–water partition coefficient (Wildman–Crippen LogP) is 5.59. The number of carbonyl (C=O) groups excluding carboxylic acids is 1. The van der Waals surface area contributed by atoms with Gasteiger partial charge in [0.2, 0.25) is 0 Å². The van der Waals surface area contributed by atoms with Crippen LogP contribution in [0.25, 0.3) is 5.57 Å². The molecule has 0 amide bonds. The maximum absolute atomic E-state index is 13.0. The van der Waals surface area contributed by atoms with Crippen LogP contribution in [-0.2, 0) is 11.3 Å². The number of carbonyl (C=O) groups is 1. The predicted molar refractivity (Wildman–Crippen MR) is 119 cm³/mol. The largest absolute Gasteiger partial charge is 0.495 e. The van der Waals surface area contributed by atoms with E-state index in [9.17, 15) is 9.90 Å². The minimum absolute atomic E-state index is 0.00420. The number of rotatable bonds is 6. The van der Waals surface area contributed by atoms with Crippen LogP contribution in [-0.4, -0.2) is 25.3 Å². The number of allylic oxidation sites excluding steroid dienone is 1. The summed E-state index contributed by atoms with van der Waals surface area (Å²) in [5.74, 6) is 1.22. The number of cyclic esters (lactones) is 1. The van der Waals surface area contributed by atoms with Crippen molar-refractivity contribution in [2.75, 3.05) is 14.2 Å². The van der Waals surface area contributed by atoms with Crippen LogP contribution >= 0.6 is 0 Å². The molecule has 1 atom stereocenters. The molecule has 0 radical (unpaired) electrons. The van der Waals surface area contributed by atoms with Crippen LogP contribution in [0.2, 0.25) is 0 Å². The Balaban J connectivity index is 2.22. The Labute approximate surface area is 183 Å². The molecule has 0 bridgehead atoms. The molecule has 31 heavy (non-hydrogen) atoms. The first-order valence-electron chi connectivity index (χ1n) is 10.3. The second-order valence-electron chi connectivity index (χ2n) is 8.24. The van der Waals surface area contributed by atoms with Crippen molar-refractivity contribution in [1.29, 1.82) is 0 Å². The highest BCUT2D eigenvalue weighted by atomic mass is 16.6. The van der Waals surface area contributed by atoms with Crippen molar-refractivity contribution in [1.82, 2.24) is 0 Å². The Morgan fingerprint density at radius 3 is 2.55 bits per heavy atom. The lowest BCUT2D eigenvalue weighted by Crippen LogP contribution is -2.16. The fourth-order valence-corrected chi connectivity index (χ4v) is 4.06. The van der Waals surface area contributed by atoms with Gasteiger partial charge in [-0.05, 0) is 55.5 Å². The van der Waals surface area contributed by atoms with E-state index in [0.717, 1.165) is 16.7 Å². The Morgan fingerprint density at radius 2 is 1.97 bits per heavy atom. The van der Waals surface area contributed by atoms with E-state index in [0.29, 0.717) is 29.0 Å². The van der Waals surface area contributed by atoms with E-state index in [1.807, 2.05) is 33.8 Å². The Kier molecular flexibility index (Phi) is 6.60. The minimum Gasteiger partial charge on any atom is -0.495 e. The number of aliphatic hydroxyl groups excluding tert-OH is 1. The lowest BCUT2D eigenvalue weighted by atomic mass is 9.94. The zero-order chi connectivity index (χ0) is 22.9. The molecule has 1 N–H and O–H groups in total. The molecule has 2 aromatic rings. The molecule has 0 aromatic heterocycles. The quantitative estimate of drug-likeness (QED) is 0.607. The van der Waals surface area contributed by atoms with Gasteiger partial charge in [-0.2, -0.15) is 0 Å². The lowest BCUT2D eigenvalue weighted by Gasteiger charge is -2.26. The molecule has 1 heterocycles. The average Bonchev–Trinajstić information content (AvgIpc) is 2.70. The summed E-state index contributed by atoms with van der Waals surface area (Å²) in [4.78, 5) is 13.0. The fraction of sp³-hybridized carbons (Fsp3) is 0.400. The van der Waals surface area contributed by atoms with E-state index >= 15 is 0 Å².